The van der Waals surface area contributed by atoms with E-state index in [0.29, 0.717) is 13.1 Å². The van der Waals surface area contributed by atoms with E-state index in [9.17, 15) is 4.79 Å². The van der Waals surface area contributed by atoms with Gasteiger partial charge in [0.25, 0.3) is 0 Å². The van der Waals surface area contributed by atoms with Gasteiger partial charge < -0.3 is 9.64 Å². The molecule has 0 spiro atoms. The van der Waals surface area contributed by atoms with Crippen molar-refractivity contribution in [1.29, 1.82) is 0 Å². The number of amides is 1. The second-order valence-corrected chi connectivity index (χ2v) is 6.98. The fraction of sp³-hybridized carbons (Fsp3) is 0.444. The van der Waals surface area contributed by atoms with Crippen LogP contribution in [0.2, 0.25) is 0 Å². The number of benzene rings is 1. The summed E-state index contributed by atoms with van der Waals surface area (Å²) in [5.74, 6) is 0. The third-order valence-corrected chi connectivity index (χ3v) is 3.99. The summed E-state index contributed by atoms with van der Waals surface area (Å²) in [4.78, 5) is 13.9. The molecule has 23 heavy (non-hydrogen) atoms. The van der Waals surface area contributed by atoms with Crippen molar-refractivity contribution < 1.29 is 9.53 Å². The molecule has 0 saturated heterocycles. The van der Waals surface area contributed by atoms with E-state index in [1.54, 1.807) is 4.90 Å². The molecule has 0 radical (unpaired) electrons. The zero-order valence-electron chi connectivity index (χ0n) is 14.1. The molecule has 0 aliphatic carbocycles. The lowest BCUT2D eigenvalue weighted by atomic mass is 9.98. The van der Waals surface area contributed by atoms with Gasteiger partial charge in [-0.25, -0.2) is 4.79 Å². The van der Waals surface area contributed by atoms with Gasteiger partial charge in [-0.3, -0.25) is 5.10 Å². The predicted molar refractivity (Wildman–Crippen MR) is 91.2 cm³/mol. The number of aryl methyl sites for hydroxylation is 1. The minimum Gasteiger partial charge on any atom is -0.444 e. The largest absolute Gasteiger partial charge is 0.444 e. The van der Waals surface area contributed by atoms with Crippen LogP contribution in [0.5, 0.6) is 0 Å². The Kier molecular flexibility index (Phi) is 3.88. The Balaban J connectivity index is 1.75. The number of hydrogen-bond acceptors (Lipinski definition) is 3. The van der Waals surface area contributed by atoms with Crippen molar-refractivity contribution in [2.24, 2.45) is 0 Å². The van der Waals surface area contributed by atoms with E-state index in [1.165, 1.54) is 11.1 Å². The molecule has 5 nitrogen and oxygen atoms in total. The number of carbonyl (C=O) groups is 1. The van der Waals surface area contributed by atoms with Crippen molar-refractivity contribution >= 4 is 22.6 Å². The number of fused-ring (bicyclic) bond motifs is 1. The van der Waals surface area contributed by atoms with Gasteiger partial charge in [0.1, 0.15) is 5.60 Å². The number of hydrogen-bond donors (Lipinski definition) is 1. The van der Waals surface area contributed by atoms with Crippen molar-refractivity contribution in [2.45, 2.75) is 39.7 Å². The number of ether oxygens (including phenoxy) is 1. The van der Waals surface area contributed by atoms with Crippen LogP contribution < -0.4 is 0 Å². The van der Waals surface area contributed by atoms with E-state index in [4.69, 9.17) is 4.74 Å². The van der Waals surface area contributed by atoms with Crippen molar-refractivity contribution in [3.05, 3.63) is 35.5 Å². The number of nitrogens with zero attached hydrogens (tertiary/aromatic N) is 2. The highest BCUT2D eigenvalue weighted by Gasteiger charge is 2.23. The zero-order chi connectivity index (χ0) is 16.6. The van der Waals surface area contributed by atoms with Gasteiger partial charge in [-0.2, -0.15) is 5.10 Å². The van der Waals surface area contributed by atoms with Gasteiger partial charge in [-0.05, 0) is 57.4 Å². The molecule has 1 aromatic carbocycles. The molecule has 0 fully saturated rings. The lowest BCUT2D eigenvalue weighted by Gasteiger charge is -2.29. The Morgan fingerprint density at radius 3 is 2.78 bits per heavy atom. The monoisotopic (exact) mass is 313 g/mol. The third-order valence-electron chi connectivity index (χ3n) is 3.99. The van der Waals surface area contributed by atoms with E-state index in [0.717, 1.165) is 23.0 Å². The summed E-state index contributed by atoms with van der Waals surface area (Å²) < 4.78 is 5.43. The number of rotatable bonds is 1. The smallest absolute Gasteiger partial charge is 0.410 e. The van der Waals surface area contributed by atoms with Crippen LogP contribution in [0.3, 0.4) is 0 Å². The number of aromatic amines is 1. The number of aromatic nitrogens is 2. The molecular formula is C18H23N3O2. The summed E-state index contributed by atoms with van der Waals surface area (Å²) in [7, 11) is 0. The molecule has 2 aromatic rings. The third kappa shape index (κ3) is 3.38. The second-order valence-electron chi connectivity index (χ2n) is 6.98. The van der Waals surface area contributed by atoms with Gasteiger partial charge >= 0.3 is 6.09 Å². The maximum Gasteiger partial charge on any atom is 0.410 e. The minimum atomic E-state index is -0.453. The van der Waals surface area contributed by atoms with Crippen LogP contribution in [0, 0.1) is 6.92 Å². The van der Waals surface area contributed by atoms with Crippen LogP contribution in [0.25, 0.3) is 16.5 Å². The molecule has 0 bridgehead atoms. The first-order chi connectivity index (χ1) is 10.8. The van der Waals surface area contributed by atoms with Crippen LogP contribution in [-0.4, -0.2) is 39.9 Å². The van der Waals surface area contributed by atoms with Crippen molar-refractivity contribution in [3.63, 3.8) is 0 Å². The van der Waals surface area contributed by atoms with Gasteiger partial charge in [0, 0.05) is 18.5 Å². The summed E-state index contributed by atoms with van der Waals surface area (Å²) in [6.45, 7) is 8.94. The van der Waals surface area contributed by atoms with E-state index < -0.39 is 5.60 Å². The summed E-state index contributed by atoms with van der Waals surface area (Å²) in [6.07, 6.45) is 2.71. The van der Waals surface area contributed by atoms with Crippen molar-refractivity contribution in [1.82, 2.24) is 15.1 Å². The zero-order valence-corrected chi connectivity index (χ0v) is 14.1. The standard InChI is InChI=1S/C18H23N3O2/c1-12-15-11-14(5-6-16(15)20-19-12)13-7-9-21(10-8-13)17(22)23-18(2,3)4/h5-7,11H,8-10H2,1-4H3,(H,19,20). The Bertz CT molecular complexity index is 768. The fourth-order valence-corrected chi connectivity index (χ4v) is 2.77. The fourth-order valence-electron chi connectivity index (χ4n) is 2.77. The molecule has 5 heteroatoms. The number of carbonyl (C=O) groups excluding carboxylic acids is 1. The quantitative estimate of drug-likeness (QED) is 0.868. The first kappa shape index (κ1) is 15.6. The Morgan fingerprint density at radius 2 is 2.13 bits per heavy atom. The molecule has 3 rings (SSSR count). The number of nitrogens with one attached hydrogen (secondary N) is 1. The first-order valence-corrected chi connectivity index (χ1v) is 7.95. The lowest BCUT2D eigenvalue weighted by molar-refractivity contribution is 0.0270. The van der Waals surface area contributed by atoms with Gasteiger partial charge in [0.05, 0.1) is 11.2 Å². The molecule has 1 aromatic heterocycles. The average molecular weight is 313 g/mol. The molecule has 1 N–H and O–H groups in total. The van der Waals surface area contributed by atoms with Gasteiger partial charge in [0.2, 0.25) is 0 Å². The highest BCUT2D eigenvalue weighted by Crippen LogP contribution is 2.27. The summed E-state index contributed by atoms with van der Waals surface area (Å²) >= 11 is 0. The minimum absolute atomic E-state index is 0.242. The van der Waals surface area contributed by atoms with Crippen LogP contribution in [-0.2, 0) is 4.74 Å². The molecule has 0 unspecified atom stereocenters. The topological polar surface area (TPSA) is 58.2 Å². The highest BCUT2D eigenvalue weighted by atomic mass is 16.6. The maximum absolute atomic E-state index is 12.1. The van der Waals surface area contributed by atoms with E-state index in [-0.39, 0.29) is 6.09 Å². The normalized spacial score (nSPS) is 15.7. The van der Waals surface area contributed by atoms with Crippen LogP contribution in [0.1, 0.15) is 38.4 Å². The summed E-state index contributed by atoms with van der Waals surface area (Å²) in [6, 6.07) is 6.34. The summed E-state index contributed by atoms with van der Waals surface area (Å²) in [5.41, 5.74) is 4.08. The molecule has 1 amide bonds. The average Bonchev–Trinajstić information content (AvgIpc) is 2.87. The Labute approximate surface area is 136 Å². The molecule has 122 valence electrons. The SMILES string of the molecule is Cc1n[nH]c2ccc(C3=CCN(C(=O)OC(C)(C)C)CC3)cc12. The molecule has 0 saturated carbocycles. The van der Waals surface area contributed by atoms with Crippen LogP contribution in [0.15, 0.2) is 24.3 Å². The molecular weight excluding hydrogens is 290 g/mol. The van der Waals surface area contributed by atoms with E-state index in [2.05, 4.69) is 34.5 Å². The number of H-pyrrole nitrogens is 1. The van der Waals surface area contributed by atoms with Crippen LogP contribution >= 0.6 is 0 Å². The first-order valence-electron chi connectivity index (χ1n) is 7.95. The second kappa shape index (κ2) is 5.72. The van der Waals surface area contributed by atoms with Gasteiger partial charge in [-0.15, -0.1) is 0 Å². The van der Waals surface area contributed by atoms with Crippen molar-refractivity contribution in [3.8, 4) is 0 Å². The molecule has 1 aliphatic rings. The van der Waals surface area contributed by atoms with E-state index in [1.807, 2.05) is 27.7 Å². The van der Waals surface area contributed by atoms with Crippen LogP contribution in [0.4, 0.5) is 4.79 Å². The summed E-state index contributed by atoms with van der Waals surface area (Å²) in [5, 5.41) is 8.41. The Morgan fingerprint density at radius 1 is 1.35 bits per heavy atom. The van der Waals surface area contributed by atoms with Gasteiger partial charge in [-0.1, -0.05) is 12.1 Å². The molecule has 0 atom stereocenters. The Hall–Kier alpha value is -2.30. The lowest BCUT2D eigenvalue weighted by Crippen LogP contribution is -2.39. The molecule has 1 aliphatic heterocycles. The maximum atomic E-state index is 12.1. The van der Waals surface area contributed by atoms with Crippen molar-refractivity contribution in [2.75, 3.05) is 13.1 Å². The van der Waals surface area contributed by atoms with Gasteiger partial charge in [0.15, 0.2) is 0 Å². The van der Waals surface area contributed by atoms with E-state index >= 15 is 0 Å². The predicted octanol–water partition coefficient (Wildman–Crippen LogP) is 3.90. The highest BCUT2D eigenvalue weighted by molar-refractivity contribution is 5.85. The molecule has 2 heterocycles.